The quantitative estimate of drug-likeness (QED) is 0.777. The first-order chi connectivity index (χ1) is 11.8. The van der Waals surface area contributed by atoms with E-state index in [1.54, 1.807) is 0 Å². The summed E-state index contributed by atoms with van der Waals surface area (Å²) in [5, 5.41) is 4.91. The maximum atomic E-state index is 12.6. The molecule has 0 aliphatic rings. The Bertz CT molecular complexity index is 745. The van der Waals surface area contributed by atoms with Gasteiger partial charge in [-0.1, -0.05) is 18.2 Å². The highest BCUT2D eigenvalue weighted by molar-refractivity contribution is 5.89. The lowest BCUT2D eigenvalue weighted by Crippen LogP contribution is -2.32. The molecule has 7 heteroatoms. The molecule has 25 heavy (non-hydrogen) atoms. The molecule has 4 nitrogen and oxygen atoms in total. The Hall–Kier alpha value is -2.70. The zero-order valence-electron chi connectivity index (χ0n) is 13.9. The summed E-state index contributed by atoms with van der Waals surface area (Å²) >= 11 is 0. The van der Waals surface area contributed by atoms with Crippen LogP contribution in [0.1, 0.15) is 16.7 Å². The van der Waals surface area contributed by atoms with Crippen molar-refractivity contribution in [1.82, 2.24) is 5.32 Å². The van der Waals surface area contributed by atoms with Gasteiger partial charge in [0.05, 0.1) is 12.1 Å². The summed E-state index contributed by atoms with van der Waals surface area (Å²) in [6, 6.07) is 9.56. The van der Waals surface area contributed by atoms with Gasteiger partial charge in [-0.2, -0.15) is 13.2 Å². The van der Waals surface area contributed by atoms with Crippen LogP contribution < -0.4 is 15.4 Å². The van der Waals surface area contributed by atoms with Crippen LogP contribution in [0.5, 0.6) is 5.75 Å². The second-order valence-corrected chi connectivity index (χ2v) is 5.51. The average molecular weight is 352 g/mol. The molecule has 0 aliphatic carbocycles. The number of hydrogen-bond donors (Lipinski definition) is 2. The van der Waals surface area contributed by atoms with Gasteiger partial charge < -0.3 is 15.4 Å². The van der Waals surface area contributed by atoms with Gasteiger partial charge in [-0.3, -0.25) is 0 Å². The predicted octanol–water partition coefficient (Wildman–Crippen LogP) is 4.52. The number of benzene rings is 2. The van der Waals surface area contributed by atoms with Gasteiger partial charge in [0, 0.05) is 5.69 Å². The van der Waals surface area contributed by atoms with Crippen molar-refractivity contribution in [3.8, 4) is 5.75 Å². The van der Waals surface area contributed by atoms with E-state index >= 15 is 0 Å². The van der Waals surface area contributed by atoms with E-state index in [0.29, 0.717) is 0 Å². The van der Waals surface area contributed by atoms with E-state index in [1.165, 1.54) is 12.1 Å². The van der Waals surface area contributed by atoms with Crippen LogP contribution in [-0.2, 0) is 6.18 Å². The molecular weight excluding hydrogens is 333 g/mol. The molecule has 2 aromatic rings. The second kappa shape index (κ2) is 7.92. The number of anilines is 1. The molecular formula is C18H19F3N2O2. The van der Waals surface area contributed by atoms with E-state index in [2.05, 4.69) is 10.6 Å². The summed E-state index contributed by atoms with van der Waals surface area (Å²) in [5.74, 6) is 0.736. The van der Waals surface area contributed by atoms with Crippen LogP contribution in [0.15, 0.2) is 42.5 Å². The number of nitrogens with one attached hydrogen (secondary N) is 2. The van der Waals surface area contributed by atoms with Gasteiger partial charge in [0.1, 0.15) is 12.4 Å². The molecule has 0 heterocycles. The minimum atomic E-state index is -4.45. The van der Waals surface area contributed by atoms with Crippen LogP contribution in [0.3, 0.4) is 0 Å². The third kappa shape index (κ3) is 5.41. The second-order valence-electron chi connectivity index (χ2n) is 5.51. The van der Waals surface area contributed by atoms with E-state index in [4.69, 9.17) is 4.74 Å². The molecule has 0 saturated heterocycles. The highest BCUT2D eigenvalue weighted by atomic mass is 19.4. The van der Waals surface area contributed by atoms with E-state index in [0.717, 1.165) is 29.0 Å². The molecule has 0 unspecified atom stereocenters. The summed E-state index contributed by atoms with van der Waals surface area (Å²) in [4.78, 5) is 11.7. The zero-order chi connectivity index (χ0) is 18.4. The van der Waals surface area contributed by atoms with Gasteiger partial charge >= 0.3 is 12.2 Å². The zero-order valence-corrected chi connectivity index (χ0v) is 13.9. The number of hydrogen-bond acceptors (Lipinski definition) is 2. The molecule has 2 aromatic carbocycles. The topological polar surface area (TPSA) is 50.4 Å². The van der Waals surface area contributed by atoms with Crippen LogP contribution in [0, 0.1) is 13.8 Å². The lowest BCUT2D eigenvalue weighted by molar-refractivity contribution is -0.137. The Labute approximate surface area is 144 Å². The highest BCUT2D eigenvalue weighted by Crippen LogP contribution is 2.30. The lowest BCUT2D eigenvalue weighted by Gasteiger charge is -2.12. The number of ether oxygens (including phenoxy) is 1. The smallest absolute Gasteiger partial charge is 0.416 e. The average Bonchev–Trinajstić information content (AvgIpc) is 2.55. The van der Waals surface area contributed by atoms with Crippen molar-refractivity contribution in [2.45, 2.75) is 20.0 Å². The summed E-state index contributed by atoms with van der Waals surface area (Å²) in [6.07, 6.45) is -4.45. The van der Waals surface area contributed by atoms with Crippen LogP contribution in [0.4, 0.5) is 23.7 Å². The Morgan fingerprint density at radius 1 is 1.12 bits per heavy atom. The van der Waals surface area contributed by atoms with E-state index in [9.17, 15) is 18.0 Å². The van der Waals surface area contributed by atoms with Crippen molar-refractivity contribution < 1.29 is 22.7 Å². The summed E-state index contributed by atoms with van der Waals surface area (Å²) < 4.78 is 43.5. The molecule has 0 spiro atoms. The monoisotopic (exact) mass is 352 g/mol. The number of alkyl halides is 3. The fourth-order valence-electron chi connectivity index (χ4n) is 2.15. The molecule has 2 rings (SSSR count). The van der Waals surface area contributed by atoms with Gasteiger partial charge in [-0.15, -0.1) is 0 Å². The largest absolute Gasteiger partial charge is 0.491 e. The maximum absolute atomic E-state index is 12.6. The van der Waals surface area contributed by atoms with Gasteiger partial charge in [0.2, 0.25) is 0 Å². The van der Waals surface area contributed by atoms with E-state index in [1.807, 2.05) is 32.0 Å². The molecule has 2 amide bonds. The van der Waals surface area contributed by atoms with E-state index < -0.39 is 17.8 Å². The number of carbonyl (C=O) groups is 1. The van der Waals surface area contributed by atoms with Crippen LogP contribution in [-0.4, -0.2) is 19.2 Å². The Morgan fingerprint density at radius 2 is 1.84 bits per heavy atom. The van der Waals surface area contributed by atoms with Crippen LogP contribution in [0.2, 0.25) is 0 Å². The number of aryl methyl sites for hydroxylation is 1. The fourth-order valence-corrected chi connectivity index (χ4v) is 2.15. The minimum absolute atomic E-state index is 0.0720. The Morgan fingerprint density at radius 3 is 2.56 bits per heavy atom. The normalized spacial score (nSPS) is 11.1. The molecule has 134 valence electrons. The summed E-state index contributed by atoms with van der Waals surface area (Å²) in [7, 11) is 0. The molecule has 2 N–H and O–H groups in total. The molecule has 0 saturated carbocycles. The molecule has 0 aliphatic heterocycles. The van der Waals surface area contributed by atoms with Crippen LogP contribution in [0.25, 0.3) is 0 Å². The van der Waals surface area contributed by atoms with Crippen molar-refractivity contribution in [2.24, 2.45) is 0 Å². The number of urea groups is 1. The Kier molecular flexibility index (Phi) is 5.90. The maximum Gasteiger partial charge on any atom is 0.416 e. The molecule has 0 radical (unpaired) electrons. The Balaban J connectivity index is 1.80. The first-order valence-corrected chi connectivity index (χ1v) is 7.68. The summed E-state index contributed by atoms with van der Waals surface area (Å²) in [6.45, 7) is 4.39. The number of rotatable bonds is 5. The summed E-state index contributed by atoms with van der Waals surface area (Å²) in [5.41, 5.74) is 1.38. The van der Waals surface area contributed by atoms with Gasteiger partial charge in [-0.25, -0.2) is 4.79 Å². The van der Waals surface area contributed by atoms with Crippen molar-refractivity contribution in [3.05, 3.63) is 59.2 Å². The number of halogens is 3. The number of amides is 2. The highest BCUT2D eigenvalue weighted by Gasteiger charge is 2.30. The standard InChI is InChI=1S/C18H19F3N2O2/c1-12-5-3-8-16(13(12)2)25-10-9-22-17(24)23-15-7-4-6-14(11-15)18(19,20)21/h3-8,11H,9-10H2,1-2H3,(H2,22,23,24). The third-order valence-electron chi connectivity index (χ3n) is 3.65. The van der Waals surface area contributed by atoms with E-state index in [-0.39, 0.29) is 18.8 Å². The van der Waals surface area contributed by atoms with Crippen molar-refractivity contribution in [2.75, 3.05) is 18.5 Å². The fraction of sp³-hybridized carbons (Fsp3) is 0.278. The molecule has 0 fully saturated rings. The third-order valence-corrected chi connectivity index (χ3v) is 3.65. The van der Waals surface area contributed by atoms with Crippen molar-refractivity contribution in [3.63, 3.8) is 0 Å². The van der Waals surface area contributed by atoms with Crippen molar-refractivity contribution >= 4 is 11.7 Å². The molecule has 0 atom stereocenters. The number of carbonyl (C=O) groups excluding carboxylic acids is 1. The van der Waals surface area contributed by atoms with Crippen molar-refractivity contribution in [1.29, 1.82) is 0 Å². The van der Waals surface area contributed by atoms with Crippen LogP contribution >= 0.6 is 0 Å². The van der Waals surface area contributed by atoms with Gasteiger partial charge in [0.15, 0.2) is 0 Å². The predicted molar refractivity (Wildman–Crippen MR) is 89.9 cm³/mol. The molecule has 0 bridgehead atoms. The first-order valence-electron chi connectivity index (χ1n) is 7.68. The minimum Gasteiger partial charge on any atom is -0.491 e. The first kappa shape index (κ1) is 18.6. The molecule has 0 aromatic heterocycles. The van der Waals surface area contributed by atoms with Gasteiger partial charge in [-0.05, 0) is 49.2 Å². The SMILES string of the molecule is Cc1cccc(OCCNC(=O)Nc2cccc(C(F)(F)F)c2)c1C. The van der Waals surface area contributed by atoms with Gasteiger partial charge in [0.25, 0.3) is 0 Å². The lowest BCUT2D eigenvalue weighted by atomic mass is 10.1.